The lowest BCUT2D eigenvalue weighted by atomic mass is 10.1. The number of hydrogen-bond donors (Lipinski definition) is 1. The van der Waals surface area contributed by atoms with Gasteiger partial charge in [-0.1, -0.05) is 130 Å². The van der Waals surface area contributed by atoms with Crippen LogP contribution in [-0.4, -0.2) is 80.6 Å². The summed E-state index contributed by atoms with van der Waals surface area (Å²) in [6.07, 6.45) is 48.6. The van der Waals surface area contributed by atoms with Crippen molar-refractivity contribution in [1.29, 1.82) is 0 Å². The largest absolute Gasteiger partial charge is 0.477 e. The third-order valence-electron chi connectivity index (χ3n) is 8.01. The van der Waals surface area contributed by atoms with Crippen molar-refractivity contribution in [2.45, 2.75) is 122 Å². The van der Waals surface area contributed by atoms with E-state index in [1.807, 2.05) is 57.6 Å². The SMILES string of the molecule is CC/C=C/C=C/C=C/C=C/CCCCCC(=O)OC(COCCC(C(=O)O)[N+](C)(C)C)COC(=O)CCC/C=C/C/C=C/C/C=C/C/C=C/C/C=C/CC. The Morgan fingerprint density at radius 3 is 1.67 bits per heavy atom. The topological polar surface area (TPSA) is 99.1 Å². The fraction of sp³-hybridized carbons (Fsp3) is 0.543. The first-order valence-corrected chi connectivity index (χ1v) is 20.0. The van der Waals surface area contributed by atoms with Crippen molar-refractivity contribution in [3.05, 3.63) is 109 Å². The quantitative estimate of drug-likeness (QED) is 0.0234. The van der Waals surface area contributed by atoms with E-state index in [0.717, 1.165) is 64.2 Å². The summed E-state index contributed by atoms with van der Waals surface area (Å²) in [6.45, 7) is 4.33. The number of esters is 2. The molecule has 0 radical (unpaired) electrons. The highest BCUT2D eigenvalue weighted by atomic mass is 16.6. The molecule has 0 bridgehead atoms. The van der Waals surface area contributed by atoms with Gasteiger partial charge < -0.3 is 23.8 Å². The minimum atomic E-state index is -0.896. The van der Waals surface area contributed by atoms with Crippen molar-refractivity contribution in [2.75, 3.05) is 41.0 Å². The number of carbonyl (C=O) groups is 3. The Morgan fingerprint density at radius 1 is 0.574 bits per heavy atom. The maximum atomic E-state index is 12.7. The number of likely N-dealkylation sites (N-methyl/N-ethyl adjacent to an activating group) is 1. The van der Waals surface area contributed by atoms with E-state index in [-0.39, 0.29) is 49.1 Å². The zero-order chi connectivity index (χ0) is 40.0. The second kappa shape index (κ2) is 36.0. The van der Waals surface area contributed by atoms with E-state index in [4.69, 9.17) is 14.2 Å². The highest BCUT2D eigenvalue weighted by Gasteiger charge is 2.31. The summed E-state index contributed by atoms with van der Waals surface area (Å²) in [6, 6.07) is -0.637. The molecule has 302 valence electrons. The van der Waals surface area contributed by atoms with Gasteiger partial charge in [-0.2, -0.15) is 0 Å². The van der Waals surface area contributed by atoms with Gasteiger partial charge >= 0.3 is 17.9 Å². The Labute approximate surface area is 328 Å². The molecule has 1 N–H and O–H groups in total. The van der Waals surface area contributed by atoms with Crippen molar-refractivity contribution >= 4 is 17.9 Å². The molecule has 2 atom stereocenters. The highest BCUT2D eigenvalue weighted by Crippen LogP contribution is 2.11. The molecule has 0 spiro atoms. The molecule has 0 aromatic rings. The molecule has 8 heteroatoms. The molecule has 0 heterocycles. The van der Waals surface area contributed by atoms with Crippen molar-refractivity contribution in [2.24, 2.45) is 0 Å². The number of carboxylic acid groups (broad SMARTS) is 1. The van der Waals surface area contributed by atoms with Crippen LogP contribution in [-0.2, 0) is 28.6 Å². The van der Waals surface area contributed by atoms with Crippen molar-refractivity contribution in [3.63, 3.8) is 0 Å². The summed E-state index contributed by atoms with van der Waals surface area (Å²) < 4.78 is 17.1. The molecule has 0 saturated carbocycles. The number of rotatable bonds is 33. The van der Waals surface area contributed by atoms with Gasteiger partial charge in [-0.05, 0) is 70.6 Å². The second-order valence-electron chi connectivity index (χ2n) is 13.9. The molecule has 0 aliphatic rings. The van der Waals surface area contributed by atoms with E-state index in [0.29, 0.717) is 19.3 Å². The predicted octanol–water partition coefficient (Wildman–Crippen LogP) is 10.5. The fourth-order valence-corrected chi connectivity index (χ4v) is 4.96. The minimum Gasteiger partial charge on any atom is -0.477 e. The molecule has 0 aromatic carbocycles. The Hall–Kier alpha value is -4.01. The van der Waals surface area contributed by atoms with Gasteiger partial charge in [0.05, 0.1) is 34.4 Å². The minimum absolute atomic E-state index is 0.0188. The average Bonchev–Trinajstić information content (AvgIpc) is 3.12. The first-order chi connectivity index (χ1) is 26.1. The summed E-state index contributed by atoms with van der Waals surface area (Å²) in [7, 11) is 5.47. The molecule has 8 nitrogen and oxygen atoms in total. The fourth-order valence-electron chi connectivity index (χ4n) is 4.96. The van der Waals surface area contributed by atoms with Gasteiger partial charge in [-0.15, -0.1) is 0 Å². The van der Waals surface area contributed by atoms with Crippen LogP contribution in [0.4, 0.5) is 0 Å². The number of nitrogens with zero attached hydrogens (tertiary/aromatic N) is 1. The first-order valence-electron chi connectivity index (χ1n) is 20.0. The van der Waals surface area contributed by atoms with E-state index in [1.165, 1.54) is 0 Å². The molecule has 2 unspecified atom stereocenters. The number of quaternary nitrogens is 1. The number of carboxylic acids is 1. The predicted molar refractivity (Wildman–Crippen MR) is 224 cm³/mol. The smallest absolute Gasteiger partial charge is 0.362 e. The van der Waals surface area contributed by atoms with Gasteiger partial charge in [0.2, 0.25) is 0 Å². The molecular formula is C46H72NO7+. The Kier molecular flexibility index (Phi) is 33.3. The van der Waals surface area contributed by atoms with Crippen LogP contribution in [0.5, 0.6) is 0 Å². The van der Waals surface area contributed by atoms with Gasteiger partial charge in [-0.3, -0.25) is 9.59 Å². The van der Waals surface area contributed by atoms with Crippen LogP contribution in [0.15, 0.2) is 109 Å². The van der Waals surface area contributed by atoms with Gasteiger partial charge in [0.15, 0.2) is 12.1 Å². The molecule has 0 aliphatic heterocycles. The maximum absolute atomic E-state index is 12.7. The van der Waals surface area contributed by atoms with E-state index in [9.17, 15) is 19.5 Å². The number of ether oxygens (including phenoxy) is 3. The summed E-state index contributed by atoms with van der Waals surface area (Å²) in [4.78, 5) is 36.8. The Balaban J connectivity index is 4.58. The summed E-state index contributed by atoms with van der Waals surface area (Å²) in [5, 5.41) is 9.59. The van der Waals surface area contributed by atoms with Crippen molar-refractivity contribution < 1.29 is 38.2 Å². The molecular weight excluding hydrogens is 679 g/mol. The van der Waals surface area contributed by atoms with Crippen molar-refractivity contribution in [3.8, 4) is 0 Å². The molecule has 0 saturated heterocycles. The second-order valence-corrected chi connectivity index (χ2v) is 13.9. The zero-order valence-corrected chi connectivity index (χ0v) is 34.1. The van der Waals surface area contributed by atoms with Gasteiger partial charge in [0.1, 0.15) is 6.61 Å². The summed E-state index contributed by atoms with van der Waals surface area (Å²) >= 11 is 0. The lowest BCUT2D eigenvalue weighted by Gasteiger charge is -2.31. The van der Waals surface area contributed by atoms with Gasteiger partial charge in [-0.25, -0.2) is 4.79 Å². The highest BCUT2D eigenvalue weighted by molar-refractivity contribution is 5.72. The van der Waals surface area contributed by atoms with E-state index in [2.05, 4.69) is 86.8 Å². The van der Waals surface area contributed by atoms with E-state index in [1.54, 1.807) is 0 Å². The normalized spacial score (nSPS) is 14.2. The summed E-state index contributed by atoms with van der Waals surface area (Å²) in [5.74, 6) is -1.62. The van der Waals surface area contributed by atoms with Crippen LogP contribution in [0.25, 0.3) is 0 Å². The molecule has 0 amide bonds. The van der Waals surface area contributed by atoms with E-state index < -0.39 is 18.1 Å². The standard InChI is InChI=1S/C46H71NO7/c1-6-8-10-12-14-16-18-20-21-22-23-25-26-28-30-32-34-36-44(48)53-41-42(40-52-39-38-43(46(50)51)47(3,4)5)54-45(49)37-35-33-31-29-27-24-19-17-15-13-11-9-7-2/h8-11,13-17,19-21,23-25,27-28,30,42-43H,6-7,12,18,22,26,29,31-41H2,1-5H3/p+1/b10-8+,11-9+,15-13+,16-14+,19-17+,21-20+,25-23+,27-24+,30-28+. The third-order valence-corrected chi connectivity index (χ3v) is 8.01. The lowest BCUT2D eigenvalue weighted by molar-refractivity contribution is -0.887. The Bertz CT molecular complexity index is 1240. The van der Waals surface area contributed by atoms with E-state index >= 15 is 0 Å². The van der Waals surface area contributed by atoms with Crippen LogP contribution in [0.1, 0.15) is 110 Å². The van der Waals surface area contributed by atoms with Crippen LogP contribution in [0, 0.1) is 0 Å². The lowest BCUT2D eigenvalue weighted by Crippen LogP contribution is -2.50. The molecule has 0 aromatic heterocycles. The maximum Gasteiger partial charge on any atom is 0.362 e. The number of unbranched alkanes of at least 4 members (excludes halogenated alkanes) is 4. The molecule has 0 fully saturated rings. The molecule has 0 rings (SSSR count). The summed E-state index contributed by atoms with van der Waals surface area (Å²) in [5.41, 5.74) is 0. The van der Waals surface area contributed by atoms with Gasteiger partial charge in [0, 0.05) is 19.3 Å². The monoisotopic (exact) mass is 751 g/mol. The molecule has 0 aliphatic carbocycles. The number of allylic oxidation sites excluding steroid dienone is 18. The first kappa shape index (κ1) is 50.0. The van der Waals surface area contributed by atoms with Crippen LogP contribution in [0.2, 0.25) is 0 Å². The van der Waals surface area contributed by atoms with Gasteiger partial charge in [0.25, 0.3) is 0 Å². The zero-order valence-electron chi connectivity index (χ0n) is 34.1. The third kappa shape index (κ3) is 33.8. The average molecular weight is 751 g/mol. The number of hydrogen-bond acceptors (Lipinski definition) is 6. The number of carbonyl (C=O) groups excluding carboxylic acids is 2. The van der Waals surface area contributed by atoms with Crippen molar-refractivity contribution in [1.82, 2.24) is 0 Å². The number of aliphatic carboxylic acids is 1. The van der Waals surface area contributed by atoms with Crippen LogP contribution in [0.3, 0.4) is 0 Å². The molecule has 54 heavy (non-hydrogen) atoms. The van der Waals surface area contributed by atoms with Crippen LogP contribution < -0.4 is 0 Å². The Morgan fingerprint density at radius 2 is 1.09 bits per heavy atom. The van der Waals surface area contributed by atoms with Crippen LogP contribution >= 0.6 is 0 Å².